The number of para-hydroxylation sites is 1. The maximum atomic E-state index is 8.51. The Bertz CT molecular complexity index is 1470. The van der Waals surface area contributed by atoms with Gasteiger partial charge in [-0.2, -0.15) is 0 Å². The van der Waals surface area contributed by atoms with Gasteiger partial charge < -0.3 is 0 Å². The SMILES string of the molecule is [2H]c1c([2H])c([2H])c(-c2cccc(C(C)C)c2-n2ccnc2-c2c([2H])c([2H])c([2H])c([2H])c2[2H])c([2H])c1[2H]. The lowest BCUT2D eigenvalue weighted by atomic mass is 9.94. The fraction of sp³-hybridized carbons (Fsp3) is 0.125. The number of rotatable bonds is 4. The molecule has 0 unspecified atom stereocenters. The Morgan fingerprint density at radius 2 is 1.54 bits per heavy atom. The van der Waals surface area contributed by atoms with Gasteiger partial charge in [-0.3, -0.25) is 4.57 Å². The zero-order valence-corrected chi connectivity index (χ0v) is 14.4. The van der Waals surface area contributed by atoms with Crippen LogP contribution < -0.4 is 0 Å². The summed E-state index contributed by atoms with van der Waals surface area (Å²) < 4.78 is 83.7. The van der Waals surface area contributed by atoms with Gasteiger partial charge in [0.1, 0.15) is 5.82 Å². The first-order valence-electron chi connectivity index (χ1n) is 13.2. The predicted octanol–water partition coefficient (Wildman–Crippen LogP) is 6.33. The lowest BCUT2D eigenvalue weighted by Crippen LogP contribution is -2.05. The molecule has 0 aliphatic rings. The Labute approximate surface area is 168 Å². The third-order valence-corrected chi connectivity index (χ3v) is 4.06. The van der Waals surface area contributed by atoms with Gasteiger partial charge in [-0.25, -0.2) is 4.98 Å². The minimum absolute atomic E-state index is 0.000730. The zero-order valence-electron chi connectivity index (χ0n) is 24.4. The molecule has 0 bridgehead atoms. The van der Waals surface area contributed by atoms with Crippen LogP contribution in [0.5, 0.6) is 0 Å². The normalized spacial score (nSPS) is 16.4. The summed E-state index contributed by atoms with van der Waals surface area (Å²) in [5.74, 6) is 0.00807. The molecule has 1 heterocycles. The maximum absolute atomic E-state index is 8.51. The van der Waals surface area contributed by atoms with Crippen molar-refractivity contribution < 1.29 is 13.7 Å². The Kier molecular flexibility index (Phi) is 2.29. The van der Waals surface area contributed by atoms with Gasteiger partial charge in [-0.15, -0.1) is 0 Å². The third-order valence-electron chi connectivity index (χ3n) is 4.06. The second-order valence-corrected chi connectivity index (χ2v) is 6.02. The third kappa shape index (κ3) is 2.95. The van der Waals surface area contributed by atoms with Crippen LogP contribution in [-0.2, 0) is 0 Å². The van der Waals surface area contributed by atoms with Crippen LogP contribution in [0.4, 0.5) is 0 Å². The summed E-state index contributed by atoms with van der Waals surface area (Å²) in [6.45, 7) is 3.87. The molecule has 0 saturated heterocycles. The molecule has 4 aromatic rings. The highest BCUT2D eigenvalue weighted by Gasteiger charge is 2.17. The number of hydrogen-bond acceptors (Lipinski definition) is 1. The van der Waals surface area contributed by atoms with E-state index in [2.05, 4.69) is 4.98 Å². The smallest absolute Gasteiger partial charge is 0.144 e. The van der Waals surface area contributed by atoms with Crippen molar-refractivity contribution in [1.29, 1.82) is 0 Å². The summed E-state index contributed by atoms with van der Waals surface area (Å²) >= 11 is 0. The molecule has 0 fully saturated rings. The number of hydrogen-bond donors (Lipinski definition) is 0. The molecule has 1 aromatic heterocycles. The van der Waals surface area contributed by atoms with E-state index in [0.717, 1.165) is 5.56 Å². The summed E-state index contributed by atoms with van der Waals surface area (Å²) in [4.78, 5) is 4.32. The molecule has 0 amide bonds. The van der Waals surface area contributed by atoms with Crippen molar-refractivity contribution in [3.8, 4) is 28.2 Å². The van der Waals surface area contributed by atoms with Gasteiger partial charge in [0.05, 0.1) is 19.4 Å². The average molecular weight is 349 g/mol. The van der Waals surface area contributed by atoms with Crippen LogP contribution >= 0.6 is 0 Å². The Morgan fingerprint density at radius 3 is 2.19 bits per heavy atom. The van der Waals surface area contributed by atoms with E-state index in [1.54, 1.807) is 22.9 Å². The van der Waals surface area contributed by atoms with Crippen LogP contribution in [0.3, 0.4) is 0 Å². The molecule has 2 heteroatoms. The number of imidazole rings is 1. The number of aromatic nitrogens is 2. The van der Waals surface area contributed by atoms with Crippen molar-refractivity contribution >= 4 is 0 Å². The second-order valence-electron chi connectivity index (χ2n) is 6.02. The summed E-state index contributed by atoms with van der Waals surface area (Å²) in [7, 11) is 0. The Balaban J connectivity index is 2.15. The molecule has 0 radical (unpaired) electrons. The average Bonchev–Trinajstić information content (AvgIpc) is 3.32. The van der Waals surface area contributed by atoms with E-state index in [0.29, 0.717) is 11.3 Å². The van der Waals surface area contributed by atoms with Crippen molar-refractivity contribution in [2.45, 2.75) is 19.8 Å². The molecule has 3 aromatic carbocycles. The first-order chi connectivity index (χ1) is 16.9. The van der Waals surface area contributed by atoms with Crippen LogP contribution in [-0.4, -0.2) is 9.55 Å². The second kappa shape index (κ2) is 7.01. The van der Waals surface area contributed by atoms with Crippen molar-refractivity contribution in [2.24, 2.45) is 0 Å². The molecule has 4 rings (SSSR count). The minimum Gasteiger partial charge on any atom is -0.299 e. The molecule has 0 saturated carbocycles. The standard InChI is InChI=1S/C24H22N2/c1-18(2)21-14-9-15-22(19-10-5-3-6-11-19)23(21)26-17-16-25-24(26)20-12-7-4-8-13-20/h3-18H,1-2H3/i3D,4D,5D,6D,7D,8D,10D,11D,12D,13D. The molecule has 2 nitrogen and oxygen atoms in total. The van der Waals surface area contributed by atoms with Gasteiger partial charge in [0.2, 0.25) is 0 Å². The largest absolute Gasteiger partial charge is 0.299 e. The van der Waals surface area contributed by atoms with Crippen LogP contribution in [0.15, 0.2) is 91.0 Å². The van der Waals surface area contributed by atoms with Gasteiger partial charge in [0.25, 0.3) is 0 Å². The summed E-state index contributed by atoms with van der Waals surface area (Å²) in [6.07, 6.45) is 3.00. The molecule has 0 atom stereocenters. The van der Waals surface area contributed by atoms with Crippen molar-refractivity contribution in [3.05, 3.63) is 96.6 Å². The van der Waals surface area contributed by atoms with E-state index >= 15 is 0 Å². The summed E-state index contributed by atoms with van der Waals surface area (Å²) in [5.41, 5.74) is 1.44. The maximum Gasteiger partial charge on any atom is 0.144 e. The van der Waals surface area contributed by atoms with Crippen LogP contribution in [0.1, 0.15) is 39.0 Å². The van der Waals surface area contributed by atoms with E-state index in [4.69, 9.17) is 13.7 Å². The quantitative estimate of drug-likeness (QED) is 0.421. The zero-order chi connectivity index (χ0) is 26.6. The summed E-state index contributed by atoms with van der Waals surface area (Å²) in [5, 5.41) is 0. The number of benzene rings is 3. The first-order valence-corrected chi connectivity index (χ1v) is 8.21. The highest BCUT2D eigenvalue weighted by Crippen LogP contribution is 2.35. The monoisotopic (exact) mass is 348 g/mol. The minimum atomic E-state index is -0.519. The molecular formula is C24H22N2. The van der Waals surface area contributed by atoms with Gasteiger partial charge in [0.15, 0.2) is 0 Å². The lowest BCUT2D eigenvalue weighted by Gasteiger charge is -2.20. The molecule has 26 heavy (non-hydrogen) atoms. The van der Waals surface area contributed by atoms with Crippen molar-refractivity contribution in [2.75, 3.05) is 0 Å². The van der Waals surface area contributed by atoms with Gasteiger partial charge in [-0.1, -0.05) is 92.5 Å². The van der Waals surface area contributed by atoms with E-state index in [1.165, 1.54) is 6.20 Å². The van der Waals surface area contributed by atoms with Gasteiger partial charge in [0, 0.05) is 23.5 Å². The fourth-order valence-corrected chi connectivity index (χ4v) is 2.91. The van der Waals surface area contributed by atoms with E-state index in [-0.39, 0.29) is 35.0 Å². The Morgan fingerprint density at radius 1 is 0.885 bits per heavy atom. The highest BCUT2D eigenvalue weighted by molar-refractivity contribution is 5.77. The first kappa shape index (κ1) is 8.50. The fourth-order valence-electron chi connectivity index (χ4n) is 2.91. The van der Waals surface area contributed by atoms with Crippen LogP contribution in [0, 0.1) is 0 Å². The van der Waals surface area contributed by atoms with E-state index in [9.17, 15) is 0 Å². The highest BCUT2D eigenvalue weighted by atomic mass is 15.1. The summed E-state index contributed by atoms with van der Waals surface area (Å²) in [6, 6.07) is 0.687. The molecule has 0 aliphatic carbocycles. The predicted molar refractivity (Wildman–Crippen MR) is 109 cm³/mol. The molecular weight excluding hydrogens is 316 g/mol. The van der Waals surface area contributed by atoms with Crippen LogP contribution in [0.25, 0.3) is 28.2 Å². The van der Waals surface area contributed by atoms with Gasteiger partial charge >= 0.3 is 0 Å². The van der Waals surface area contributed by atoms with Crippen molar-refractivity contribution in [3.63, 3.8) is 0 Å². The van der Waals surface area contributed by atoms with E-state index < -0.39 is 48.3 Å². The van der Waals surface area contributed by atoms with Crippen molar-refractivity contribution in [1.82, 2.24) is 9.55 Å². The Hall–Kier alpha value is -3.13. The topological polar surface area (TPSA) is 17.8 Å². The molecule has 128 valence electrons. The van der Waals surface area contributed by atoms with Gasteiger partial charge in [-0.05, 0) is 17.0 Å². The molecule has 0 spiro atoms. The van der Waals surface area contributed by atoms with E-state index in [1.807, 2.05) is 19.9 Å². The molecule has 0 aliphatic heterocycles. The number of nitrogens with zero attached hydrogens (tertiary/aromatic N) is 2. The molecule has 0 N–H and O–H groups in total. The van der Waals surface area contributed by atoms with Crippen LogP contribution in [0.2, 0.25) is 0 Å². The lowest BCUT2D eigenvalue weighted by molar-refractivity contribution is 0.848.